The van der Waals surface area contributed by atoms with Crippen LogP contribution in [-0.2, 0) is 4.79 Å². The Labute approximate surface area is 107 Å². The standard InChI is InChI=1S/C14H17ClO2/c1-2-3-4-7-11(16)10-14(17)12-8-5-6-9-13(12)15/h5-6,8-9H,2-4,7,10H2,1H3. The first-order valence-electron chi connectivity index (χ1n) is 5.94. The van der Waals surface area contributed by atoms with Crippen LogP contribution < -0.4 is 0 Å². The molecule has 0 heterocycles. The number of hydrogen-bond acceptors (Lipinski definition) is 2. The zero-order valence-corrected chi connectivity index (χ0v) is 10.8. The Morgan fingerprint density at radius 2 is 1.88 bits per heavy atom. The second-order valence-corrected chi connectivity index (χ2v) is 4.48. The Balaban J connectivity index is 2.49. The lowest BCUT2D eigenvalue weighted by Gasteiger charge is -2.02. The molecule has 0 aromatic heterocycles. The van der Waals surface area contributed by atoms with Gasteiger partial charge in [0.25, 0.3) is 0 Å². The van der Waals surface area contributed by atoms with Crippen molar-refractivity contribution in [1.82, 2.24) is 0 Å². The number of Topliss-reactive ketones (excluding diaryl/α,β-unsaturated/α-hetero) is 2. The van der Waals surface area contributed by atoms with E-state index < -0.39 is 0 Å². The van der Waals surface area contributed by atoms with E-state index in [-0.39, 0.29) is 18.0 Å². The van der Waals surface area contributed by atoms with Crippen molar-refractivity contribution < 1.29 is 9.59 Å². The molecule has 0 radical (unpaired) electrons. The Kier molecular flexibility index (Phi) is 5.92. The molecule has 0 fully saturated rings. The predicted molar refractivity (Wildman–Crippen MR) is 69.5 cm³/mol. The largest absolute Gasteiger partial charge is 0.299 e. The van der Waals surface area contributed by atoms with Gasteiger partial charge < -0.3 is 0 Å². The summed E-state index contributed by atoms with van der Waals surface area (Å²) in [6, 6.07) is 6.84. The number of ketones is 2. The third-order valence-corrected chi connectivity index (χ3v) is 2.92. The van der Waals surface area contributed by atoms with E-state index in [0.717, 1.165) is 19.3 Å². The van der Waals surface area contributed by atoms with E-state index in [4.69, 9.17) is 11.6 Å². The number of carbonyl (C=O) groups excluding carboxylic acids is 2. The summed E-state index contributed by atoms with van der Waals surface area (Å²) < 4.78 is 0. The molecule has 2 nitrogen and oxygen atoms in total. The molecular formula is C14H17ClO2. The fraction of sp³-hybridized carbons (Fsp3) is 0.429. The van der Waals surface area contributed by atoms with E-state index >= 15 is 0 Å². The van der Waals surface area contributed by atoms with Crippen LogP contribution in [0.1, 0.15) is 49.4 Å². The minimum atomic E-state index is -0.183. The van der Waals surface area contributed by atoms with Crippen molar-refractivity contribution in [3.63, 3.8) is 0 Å². The molecule has 0 saturated heterocycles. The van der Waals surface area contributed by atoms with Crippen molar-refractivity contribution in [3.8, 4) is 0 Å². The van der Waals surface area contributed by atoms with Crippen LogP contribution in [0.3, 0.4) is 0 Å². The summed E-state index contributed by atoms with van der Waals surface area (Å²) in [5.74, 6) is -0.180. The highest BCUT2D eigenvalue weighted by Crippen LogP contribution is 2.17. The highest BCUT2D eigenvalue weighted by Gasteiger charge is 2.13. The van der Waals surface area contributed by atoms with Crippen LogP contribution >= 0.6 is 11.6 Å². The Morgan fingerprint density at radius 1 is 1.18 bits per heavy atom. The van der Waals surface area contributed by atoms with E-state index in [9.17, 15) is 9.59 Å². The Hall–Kier alpha value is -1.15. The van der Waals surface area contributed by atoms with Crippen LogP contribution in [0.15, 0.2) is 24.3 Å². The zero-order valence-electron chi connectivity index (χ0n) is 10.0. The molecule has 0 aliphatic heterocycles. The van der Waals surface area contributed by atoms with Crippen LogP contribution in [0.25, 0.3) is 0 Å². The third-order valence-electron chi connectivity index (χ3n) is 2.59. The first-order valence-corrected chi connectivity index (χ1v) is 6.32. The summed E-state index contributed by atoms with van der Waals surface area (Å²) in [5.41, 5.74) is 0.443. The average Bonchev–Trinajstić information content (AvgIpc) is 2.29. The van der Waals surface area contributed by atoms with Crippen molar-refractivity contribution in [2.24, 2.45) is 0 Å². The SMILES string of the molecule is CCCCCC(=O)CC(=O)c1ccccc1Cl. The van der Waals surface area contributed by atoms with Gasteiger partial charge in [-0.15, -0.1) is 0 Å². The van der Waals surface area contributed by atoms with Crippen LogP contribution in [-0.4, -0.2) is 11.6 Å². The molecule has 1 aromatic carbocycles. The first kappa shape index (κ1) is 13.9. The molecule has 92 valence electrons. The van der Waals surface area contributed by atoms with Gasteiger partial charge in [0.05, 0.1) is 11.4 Å². The number of carbonyl (C=O) groups is 2. The summed E-state index contributed by atoms with van der Waals surface area (Å²) >= 11 is 5.90. The summed E-state index contributed by atoms with van der Waals surface area (Å²) in [7, 11) is 0. The highest BCUT2D eigenvalue weighted by molar-refractivity contribution is 6.34. The van der Waals surface area contributed by atoms with Crippen molar-refractivity contribution >= 4 is 23.2 Å². The van der Waals surface area contributed by atoms with Crippen LogP contribution in [0.2, 0.25) is 5.02 Å². The Bertz CT molecular complexity index is 399. The number of benzene rings is 1. The highest BCUT2D eigenvalue weighted by atomic mass is 35.5. The maximum Gasteiger partial charge on any atom is 0.171 e. The number of hydrogen-bond donors (Lipinski definition) is 0. The van der Waals surface area contributed by atoms with Gasteiger partial charge in [-0.1, -0.05) is 43.5 Å². The fourth-order valence-electron chi connectivity index (χ4n) is 1.62. The van der Waals surface area contributed by atoms with Crippen LogP contribution in [0, 0.1) is 0 Å². The minimum Gasteiger partial charge on any atom is -0.299 e. The summed E-state index contributed by atoms with van der Waals surface area (Å²) in [6.07, 6.45) is 3.43. The first-order chi connectivity index (χ1) is 8.15. The second-order valence-electron chi connectivity index (χ2n) is 4.08. The maximum absolute atomic E-state index is 11.8. The van der Waals surface area contributed by atoms with Gasteiger partial charge in [0, 0.05) is 12.0 Å². The molecule has 3 heteroatoms. The van der Waals surface area contributed by atoms with Gasteiger partial charge in [-0.05, 0) is 18.6 Å². The molecule has 1 aromatic rings. The van der Waals surface area contributed by atoms with E-state index in [1.54, 1.807) is 24.3 Å². The van der Waals surface area contributed by atoms with Gasteiger partial charge in [-0.2, -0.15) is 0 Å². The monoisotopic (exact) mass is 252 g/mol. The molecule has 17 heavy (non-hydrogen) atoms. The summed E-state index contributed by atoms with van der Waals surface area (Å²) in [6.45, 7) is 2.08. The van der Waals surface area contributed by atoms with E-state index in [1.807, 2.05) is 0 Å². The lowest BCUT2D eigenvalue weighted by Crippen LogP contribution is -2.08. The lowest BCUT2D eigenvalue weighted by molar-refractivity contribution is -0.118. The van der Waals surface area contributed by atoms with Crippen molar-refractivity contribution in [1.29, 1.82) is 0 Å². The molecule has 0 N–H and O–H groups in total. The molecule has 1 rings (SSSR count). The number of rotatable bonds is 7. The fourth-order valence-corrected chi connectivity index (χ4v) is 1.86. The van der Waals surface area contributed by atoms with Gasteiger partial charge in [0.15, 0.2) is 5.78 Å². The van der Waals surface area contributed by atoms with Crippen molar-refractivity contribution in [2.45, 2.75) is 39.0 Å². The second kappa shape index (κ2) is 7.23. The van der Waals surface area contributed by atoms with Crippen molar-refractivity contribution in [3.05, 3.63) is 34.9 Å². The van der Waals surface area contributed by atoms with Crippen LogP contribution in [0.4, 0.5) is 0 Å². The molecule has 0 spiro atoms. The summed E-state index contributed by atoms with van der Waals surface area (Å²) in [4.78, 5) is 23.4. The molecule has 0 amide bonds. The Morgan fingerprint density at radius 3 is 2.53 bits per heavy atom. The molecule has 0 aliphatic carbocycles. The minimum absolute atomic E-state index is 0.00312. The van der Waals surface area contributed by atoms with Crippen molar-refractivity contribution in [2.75, 3.05) is 0 Å². The predicted octanol–water partition coefficient (Wildman–Crippen LogP) is 4.06. The van der Waals surface area contributed by atoms with Crippen LogP contribution in [0.5, 0.6) is 0 Å². The van der Waals surface area contributed by atoms with Gasteiger partial charge in [-0.3, -0.25) is 9.59 Å². The molecule has 0 unspecified atom stereocenters. The van der Waals surface area contributed by atoms with Gasteiger partial charge >= 0.3 is 0 Å². The number of unbranched alkanes of at least 4 members (excludes halogenated alkanes) is 2. The average molecular weight is 253 g/mol. The molecule has 0 saturated carbocycles. The third kappa shape index (κ3) is 4.70. The topological polar surface area (TPSA) is 34.1 Å². The zero-order chi connectivity index (χ0) is 12.7. The molecule has 0 bridgehead atoms. The van der Waals surface area contributed by atoms with E-state index in [2.05, 4.69) is 6.92 Å². The van der Waals surface area contributed by atoms with Gasteiger partial charge in [-0.25, -0.2) is 0 Å². The van der Waals surface area contributed by atoms with E-state index in [0.29, 0.717) is 17.0 Å². The maximum atomic E-state index is 11.8. The molecule has 0 aliphatic rings. The van der Waals surface area contributed by atoms with Gasteiger partial charge in [0.2, 0.25) is 0 Å². The normalized spacial score (nSPS) is 10.2. The van der Waals surface area contributed by atoms with Gasteiger partial charge in [0.1, 0.15) is 5.78 Å². The lowest BCUT2D eigenvalue weighted by atomic mass is 10.0. The molecular weight excluding hydrogens is 236 g/mol. The summed E-state index contributed by atoms with van der Waals surface area (Å²) in [5, 5.41) is 0.416. The number of halogens is 1. The smallest absolute Gasteiger partial charge is 0.171 e. The van der Waals surface area contributed by atoms with E-state index in [1.165, 1.54) is 0 Å². The molecule has 0 atom stereocenters. The quantitative estimate of drug-likeness (QED) is 0.417.